The van der Waals surface area contributed by atoms with Gasteiger partial charge in [-0.1, -0.05) is 49.4 Å². The summed E-state index contributed by atoms with van der Waals surface area (Å²) >= 11 is 0. The Kier molecular flexibility index (Phi) is 4.84. The lowest BCUT2D eigenvalue weighted by molar-refractivity contribution is 0.199. The van der Waals surface area contributed by atoms with Gasteiger partial charge in [0.1, 0.15) is 6.23 Å². The van der Waals surface area contributed by atoms with Crippen molar-refractivity contribution in [3.63, 3.8) is 0 Å². The smallest absolute Gasteiger partial charge is 0.124 e. The summed E-state index contributed by atoms with van der Waals surface area (Å²) in [7, 11) is 0. The van der Waals surface area contributed by atoms with E-state index >= 15 is 0 Å². The van der Waals surface area contributed by atoms with Gasteiger partial charge in [-0.15, -0.1) is 0 Å². The maximum atomic E-state index is 9.80. The maximum absolute atomic E-state index is 9.80. The van der Waals surface area contributed by atoms with Gasteiger partial charge in [0.2, 0.25) is 0 Å². The Morgan fingerprint density at radius 3 is 2.54 bits per heavy atom. The summed E-state index contributed by atoms with van der Waals surface area (Å²) < 4.78 is 0. The largest absolute Gasteiger partial charge is 0.374 e. The quantitative estimate of drug-likeness (QED) is 0.726. The highest BCUT2D eigenvalue weighted by molar-refractivity contribution is 5.83. The molecule has 2 aromatic rings. The first-order valence-corrected chi connectivity index (χ1v) is 9.76. The molecule has 4 rings (SSSR count). The lowest BCUT2D eigenvalue weighted by Crippen LogP contribution is -2.38. The Bertz CT molecular complexity index is 788. The van der Waals surface area contributed by atoms with Gasteiger partial charge in [-0.05, 0) is 78.6 Å². The summed E-state index contributed by atoms with van der Waals surface area (Å²) in [4.78, 5) is 0. The second-order valence-electron chi connectivity index (χ2n) is 7.65. The van der Waals surface area contributed by atoms with Gasteiger partial charge in [-0.2, -0.15) is 0 Å². The number of piperidine rings is 1. The number of fused-ring (bicyclic) bond motifs is 1. The number of hydrogen-bond donors (Lipinski definition) is 3. The molecule has 1 heterocycles. The van der Waals surface area contributed by atoms with Crippen molar-refractivity contribution < 1.29 is 5.11 Å². The Balaban J connectivity index is 1.70. The number of hydrogen-bond acceptors (Lipinski definition) is 3. The minimum Gasteiger partial charge on any atom is -0.374 e. The number of anilines is 1. The second kappa shape index (κ2) is 7.26. The molecule has 0 radical (unpaired) electrons. The van der Waals surface area contributed by atoms with E-state index in [4.69, 9.17) is 0 Å². The van der Waals surface area contributed by atoms with Gasteiger partial charge < -0.3 is 15.7 Å². The fourth-order valence-electron chi connectivity index (χ4n) is 4.28. The maximum Gasteiger partial charge on any atom is 0.124 e. The molecule has 136 valence electrons. The number of nitrogens with one attached hydrogen (secondary N) is 2. The van der Waals surface area contributed by atoms with Crippen LogP contribution in [0.15, 0.2) is 54.6 Å². The molecule has 3 N–H and O–H groups in total. The standard InChI is InChI=1S/C23H28N2O/c1-2-22(26)25-19-9-7-17(8-10-19)21-16-23(11-13-24-14-12-23)15-18-5-3-4-6-20(18)21/h3-10,16,22,24-26H,2,11-15H2,1H3. The van der Waals surface area contributed by atoms with Crippen LogP contribution in [-0.4, -0.2) is 24.4 Å². The highest BCUT2D eigenvalue weighted by atomic mass is 16.3. The first kappa shape index (κ1) is 17.3. The van der Waals surface area contributed by atoms with Crippen molar-refractivity contribution in [3.05, 3.63) is 71.3 Å². The van der Waals surface area contributed by atoms with E-state index in [-0.39, 0.29) is 5.41 Å². The minimum absolute atomic E-state index is 0.282. The number of rotatable bonds is 4. The molecule has 0 saturated carbocycles. The van der Waals surface area contributed by atoms with Crippen LogP contribution in [-0.2, 0) is 6.42 Å². The molecule has 3 nitrogen and oxygen atoms in total. The van der Waals surface area contributed by atoms with Crippen LogP contribution in [0.5, 0.6) is 0 Å². The Labute approximate surface area is 156 Å². The molecule has 2 aromatic carbocycles. The zero-order valence-corrected chi connectivity index (χ0v) is 15.5. The summed E-state index contributed by atoms with van der Waals surface area (Å²) in [6.45, 7) is 4.17. The summed E-state index contributed by atoms with van der Waals surface area (Å²) in [5, 5.41) is 16.4. The lowest BCUT2D eigenvalue weighted by atomic mass is 9.67. The van der Waals surface area contributed by atoms with Crippen LogP contribution >= 0.6 is 0 Å². The van der Waals surface area contributed by atoms with Crippen LogP contribution in [0.3, 0.4) is 0 Å². The van der Waals surface area contributed by atoms with Crippen molar-refractivity contribution in [2.75, 3.05) is 18.4 Å². The molecule has 2 aliphatic rings. The summed E-state index contributed by atoms with van der Waals surface area (Å²) in [6, 6.07) is 17.3. The molecule has 0 bridgehead atoms. The van der Waals surface area contributed by atoms with E-state index in [9.17, 15) is 5.11 Å². The van der Waals surface area contributed by atoms with Crippen LogP contribution in [0, 0.1) is 5.41 Å². The zero-order valence-electron chi connectivity index (χ0n) is 15.5. The van der Waals surface area contributed by atoms with Gasteiger partial charge in [-0.25, -0.2) is 0 Å². The SMILES string of the molecule is CCC(O)Nc1ccc(C2=CC3(CCNCC3)Cc3ccccc32)cc1. The van der Waals surface area contributed by atoms with Gasteiger partial charge in [0.05, 0.1) is 0 Å². The summed E-state index contributed by atoms with van der Waals surface area (Å²) in [5.41, 5.74) is 6.69. The first-order chi connectivity index (χ1) is 12.7. The summed E-state index contributed by atoms with van der Waals surface area (Å²) in [5.74, 6) is 0. The second-order valence-corrected chi connectivity index (χ2v) is 7.65. The van der Waals surface area contributed by atoms with Crippen molar-refractivity contribution >= 4 is 11.3 Å². The molecule has 3 heteroatoms. The third kappa shape index (κ3) is 3.42. The van der Waals surface area contributed by atoms with Gasteiger partial charge in [0.15, 0.2) is 0 Å². The lowest BCUT2D eigenvalue weighted by Gasteiger charge is -2.40. The molecule has 1 unspecified atom stereocenters. The Morgan fingerprint density at radius 2 is 1.81 bits per heavy atom. The van der Waals surface area contributed by atoms with E-state index in [1.165, 1.54) is 35.1 Å². The Hall–Kier alpha value is -2.10. The number of benzene rings is 2. The van der Waals surface area contributed by atoms with E-state index in [0.29, 0.717) is 6.42 Å². The topological polar surface area (TPSA) is 44.3 Å². The molecule has 0 amide bonds. The third-order valence-electron chi connectivity index (χ3n) is 5.82. The van der Waals surface area contributed by atoms with Crippen LogP contribution < -0.4 is 10.6 Å². The average Bonchev–Trinajstić information content (AvgIpc) is 2.68. The number of aliphatic hydroxyl groups excluding tert-OH is 1. The molecule has 1 fully saturated rings. The van der Waals surface area contributed by atoms with Crippen LogP contribution in [0.1, 0.15) is 42.9 Å². The predicted octanol–water partition coefficient (Wildman–Crippen LogP) is 4.18. The van der Waals surface area contributed by atoms with Gasteiger partial charge in [0, 0.05) is 5.69 Å². The van der Waals surface area contributed by atoms with Crippen LogP contribution in [0.25, 0.3) is 5.57 Å². The zero-order chi connectivity index (χ0) is 18.0. The van der Waals surface area contributed by atoms with E-state index in [0.717, 1.165) is 25.2 Å². The van der Waals surface area contributed by atoms with Gasteiger partial charge in [-0.3, -0.25) is 0 Å². The highest BCUT2D eigenvalue weighted by Crippen LogP contribution is 2.44. The molecular weight excluding hydrogens is 320 g/mol. The fourth-order valence-corrected chi connectivity index (χ4v) is 4.28. The number of allylic oxidation sites excluding steroid dienone is 1. The minimum atomic E-state index is -0.492. The summed E-state index contributed by atoms with van der Waals surface area (Å²) in [6.07, 6.45) is 6.29. The van der Waals surface area contributed by atoms with E-state index in [1.54, 1.807) is 0 Å². The van der Waals surface area contributed by atoms with Crippen molar-refractivity contribution in [2.24, 2.45) is 5.41 Å². The molecule has 26 heavy (non-hydrogen) atoms. The number of aliphatic hydroxyl groups is 1. The molecule has 1 aliphatic heterocycles. The van der Waals surface area contributed by atoms with E-state index in [1.807, 2.05) is 6.92 Å². The first-order valence-electron chi connectivity index (χ1n) is 9.76. The highest BCUT2D eigenvalue weighted by Gasteiger charge is 2.34. The molecule has 1 atom stereocenters. The normalized spacial score (nSPS) is 19.5. The fraction of sp³-hybridized carbons (Fsp3) is 0.391. The van der Waals surface area contributed by atoms with E-state index in [2.05, 4.69) is 65.2 Å². The van der Waals surface area contributed by atoms with E-state index < -0.39 is 6.23 Å². The van der Waals surface area contributed by atoms with Crippen molar-refractivity contribution in [1.82, 2.24) is 5.32 Å². The van der Waals surface area contributed by atoms with Crippen molar-refractivity contribution in [1.29, 1.82) is 0 Å². The van der Waals surface area contributed by atoms with Gasteiger partial charge >= 0.3 is 0 Å². The van der Waals surface area contributed by atoms with Crippen molar-refractivity contribution in [2.45, 2.75) is 38.8 Å². The Morgan fingerprint density at radius 1 is 1.08 bits per heavy atom. The van der Waals surface area contributed by atoms with Gasteiger partial charge in [0.25, 0.3) is 0 Å². The monoisotopic (exact) mass is 348 g/mol. The third-order valence-corrected chi connectivity index (χ3v) is 5.82. The molecule has 1 spiro atoms. The molecular formula is C23H28N2O. The van der Waals surface area contributed by atoms with Crippen molar-refractivity contribution in [3.8, 4) is 0 Å². The molecule has 1 saturated heterocycles. The molecule has 0 aromatic heterocycles. The average molecular weight is 348 g/mol. The van der Waals surface area contributed by atoms with Crippen LogP contribution in [0.2, 0.25) is 0 Å². The molecule has 1 aliphatic carbocycles. The predicted molar refractivity (Wildman–Crippen MR) is 108 cm³/mol. The van der Waals surface area contributed by atoms with Crippen LogP contribution in [0.4, 0.5) is 5.69 Å².